The Morgan fingerprint density at radius 1 is 1.28 bits per heavy atom. The Labute approximate surface area is 119 Å². The molecule has 0 bridgehead atoms. The van der Waals surface area contributed by atoms with Crippen LogP contribution in [0.2, 0.25) is 0 Å². The lowest BCUT2D eigenvalue weighted by atomic mass is 10.2. The van der Waals surface area contributed by atoms with Crippen molar-refractivity contribution in [1.29, 1.82) is 0 Å². The SMILES string of the molecule is O=S(=O)(Oc1ccc(Br)c(CCBr)c1)C(F)(F)F. The Bertz CT molecular complexity index is 528. The summed E-state index contributed by atoms with van der Waals surface area (Å²) >= 11 is 6.38. The number of halogens is 5. The first-order chi connectivity index (χ1) is 8.17. The third-order valence-corrected chi connectivity index (χ3v) is 4.02. The molecule has 0 aliphatic rings. The molecule has 0 heterocycles. The van der Waals surface area contributed by atoms with Crippen LogP contribution in [0.5, 0.6) is 5.75 Å². The van der Waals surface area contributed by atoms with E-state index < -0.39 is 15.6 Å². The summed E-state index contributed by atoms with van der Waals surface area (Å²) in [5.74, 6) is -0.369. The van der Waals surface area contributed by atoms with Crippen molar-refractivity contribution in [2.45, 2.75) is 11.9 Å². The summed E-state index contributed by atoms with van der Waals surface area (Å²) in [6, 6.07) is 3.82. The van der Waals surface area contributed by atoms with E-state index in [9.17, 15) is 21.6 Å². The minimum absolute atomic E-state index is 0.369. The Morgan fingerprint density at radius 2 is 1.89 bits per heavy atom. The van der Waals surface area contributed by atoms with Gasteiger partial charge in [-0.2, -0.15) is 21.6 Å². The smallest absolute Gasteiger partial charge is 0.376 e. The molecule has 1 aromatic rings. The van der Waals surface area contributed by atoms with Crippen LogP contribution in [0, 0.1) is 0 Å². The molecular formula is C9H7Br2F3O3S. The van der Waals surface area contributed by atoms with Crippen LogP contribution in [-0.4, -0.2) is 19.3 Å². The molecule has 0 N–H and O–H groups in total. The van der Waals surface area contributed by atoms with E-state index in [1.807, 2.05) is 0 Å². The molecular weight excluding hydrogens is 405 g/mol. The van der Waals surface area contributed by atoms with E-state index >= 15 is 0 Å². The van der Waals surface area contributed by atoms with Crippen molar-refractivity contribution in [3.8, 4) is 5.75 Å². The van der Waals surface area contributed by atoms with Gasteiger partial charge in [-0.15, -0.1) is 0 Å². The molecule has 0 unspecified atom stereocenters. The first-order valence-electron chi connectivity index (χ1n) is 4.52. The van der Waals surface area contributed by atoms with E-state index in [-0.39, 0.29) is 5.75 Å². The summed E-state index contributed by atoms with van der Waals surface area (Å²) < 4.78 is 62.7. The second-order valence-corrected chi connectivity index (χ2v) is 6.36. The number of rotatable bonds is 4. The van der Waals surface area contributed by atoms with Crippen molar-refractivity contribution >= 4 is 42.0 Å². The molecule has 0 atom stereocenters. The van der Waals surface area contributed by atoms with Gasteiger partial charge in [0, 0.05) is 9.80 Å². The summed E-state index contributed by atoms with van der Waals surface area (Å²) in [5.41, 5.74) is -4.79. The van der Waals surface area contributed by atoms with E-state index in [2.05, 4.69) is 36.0 Å². The standard InChI is InChI=1S/C9H7Br2F3O3S/c10-4-3-6-5-7(1-2-8(6)11)17-18(15,16)9(12,13)14/h1-2,5H,3-4H2. The van der Waals surface area contributed by atoms with E-state index in [0.717, 1.165) is 6.07 Å². The Hall–Kier alpha value is -0.280. The minimum atomic E-state index is -5.62. The molecule has 0 aliphatic heterocycles. The van der Waals surface area contributed by atoms with Gasteiger partial charge in [0.1, 0.15) is 5.75 Å². The van der Waals surface area contributed by atoms with Crippen molar-refractivity contribution in [3.05, 3.63) is 28.2 Å². The van der Waals surface area contributed by atoms with Crippen LogP contribution in [0.15, 0.2) is 22.7 Å². The fourth-order valence-electron chi connectivity index (χ4n) is 1.07. The third kappa shape index (κ3) is 3.86. The van der Waals surface area contributed by atoms with Gasteiger partial charge in [0.25, 0.3) is 0 Å². The van der Waals surface area contributed by atoms with Crippen LogP contribution < -0.4 is 4.18 Å². The molecule has 0 aromatic heterocycles. The zero-order chi connectivity index (χ0) is 14.0. The lowest BCUT2D eigenvalue weighted by molar-refractivity contribution is -0.0500. The Kier molecular flexibility index (Phi) is 5.07. The topological polar surface area (TPSA) is 43.4 Å². The summed E-state index contributed by atoms with van der Waals surface area (Å²) in [5, 5.41) is 0.584. The van der Waals surface area contributed by atoms with E-state index in [1.54, 1.807) is 0 Å². The minimum Gasteiger partial charge on any atom is -0.376 e. The van der Waals surface area contributed by atoms with E-state index in [1.165, 1.54) is 12.1 Å². The van der Waals surface area contributed by atoms with Crippen LogP contribution in [-0.2, 0) is 16.5 Å². The van der Waals surface area contributed by atoms with Crippen LogP contribution in [0.1, 0.15) is 5.56 Å². The maximum Gasteiger partial charge on any atom is 0.534 e. The molecule has 0 aliphatic carbocycles. The molecule has 0 saturated carbocycles. The van der Waals surface area contributed by atoms with Gasteiger partial charge in [0.2, 0.25) is 0 Å². The van der Waals surface area contributed by atoms with Crippen LogP contribution in [0.25, 0.3) is 0 Å². The summed E-state index contributed by atoms with van der Waals surface area (Å²) in [6.45, 7) is 0. The average Bonchev–Trinajstić information content (AvgIpc) is 2.21. The number of hydrogen-bond acceptors (Lipinski definition) is 3. The molecule has 0 amide bonds. The molecule has 1 aromatic carbocycles. The van der Waals surface area contributed by atoms with Crippen molar-refractivity contribution in [2.24, 2.45) is 0 Å². The fraction of sp³-hybridized carbons (Fsp3) is 0.333. The summed E-state index contributed by atoms with van der Waals surface area (Å²) in [4.78, 5) is 0. The molecule has 18 heavy (non-hydrogen) atoms. The number of alkyl halides is 4. The highest BCUT2D eigenvalue weighted by molar-refractivity contribution is 9.10. The fourth-order valence-corrected chi connectivity index (χ4v) is 2.39. The first-order valence-corrected chi connectivity index (χ1v) is 7.85. The lowest BCUT2D eigenvalue weighted by Gasteiger charge is -2.11. The molecule has 9 heteroatoms. The molecule has 3 nitrogen and oxygen atoms in total. The van der Waals surface area contributed by atoms with Gasteiger partial charge < -0.3 is 4.18 Å². The second kappa shape index (κ2) is 5.79. The maximum atomic E-state index is 12.1. The Morgan fingerprint density at radius 3 is 2.39 bits per heavy atom. The van der Waals surface area contributed by atoms with Crippen molar-refractivity contribution in [3.63, 3.8) is 0 Å². The third-order valence-electron chi connectivity index (χ3n) is 1.87. The molecule has 0 fully saturated rings. The largest absolute Gasteiger partial charge is 0.534 e. The number of hydrogen-bond donors (Lipinski definition) is 0. The highest BCUT2D eigenvalue weighted by Crippen LogP contribution is 2.29. The van der Waals surface area contributed by atoms with Crippen LogP contribution >= 0.6 is 31.9 Å². The van der Waals surface area contributed by atoms with Gasteiger partial charge in [0.15, 0.2) is 0 Å². The maximum absolute atomic E-state index is 12.1. The first kappa shape index (κ1) is 15.8. The van der Waals surface area contributed by atoms with Crippen molar-refractivity contribution in [2.75, 3.05) is 5.33 Å². The van der Waals surface area contributed by atoms with Gasteiger partial charge in [-0.05, 0) is 30.2 Å². The quantitative estimate of drug-likeness (QED) is 0.431. The lowest BCUT2D eigenvalue weighted by Crippen LogP contribution is -2.28. The molecule has 102 valence electrons. The zero-order valence-electron chi connectivity index (χ0n) is 8.67. The highest BCUT2D eigenvalue weighted by Gasteiger charge is 2.48. The van der Waals surface area contributed by atoms with Crippen molar-refractivity contribution in [1.82, 2.24) is 0 Å². The average molecular weight is 412 g/mol. The highest BCUT2D eigenvalue weighted by atomic mass is 79.9. The van der Waals surface area contributed by atoms with Gasteiger partial charge in [-0.25, -0.2) is 0 Å². The number of benzene rings is 1. The van der Waals surface area contributed by atoms with Gasteiger partial charge in [-0.3, -0.25) is 0 Å². The number of aryl methyl sites for hydroxylation is 1. The van der Waals surface area contributed by atoms with Crippen LogP contribution in [0.4, 0.5) is 13.2 Å². The molecule has 1 rings (SSSR count). The van der Waals surface area contributed by atoms with Gasteiger partial charge in [0.05, 0.1) is 0 Å². The molecule has 0 radical (unpaired) electrons. The normalized spacial score (nSPS) is 12.5. The van der Waals surface area contributed by atoms with Crippen molar-refractivity contribution < 1.29 is 25.8 Å². The molecule has 0 spiro atoms. The second-order valence-electron chi connectivity index (χ2n) is 3.18. The summed E-state index contributed by atoms with van der Waals surface area (Å²) in [7, 11) is -5.62. The van der Waals surface area contributed by atoms with Gasteiger partial charge in [-0.1, -0.05) is 31.9 Å². The summed E-state index contributed by atoms with van der Waals surface area (Å²) in [6.07, 6.45) is 0.518. The predicted octanol–water partition coefficient (Wildman–Crippen LogP) is 3.61. The van der Waals surface area contributed by atoms with Gasteiger partial charge >= 0.3 is 15.6 Å². The predicted molar refractivity (Wildman–Crippen MR) is 67.2 cm³/mol. The monoisotopic (exact) mass is 410 g/mol. The molecule has 0 saturated heterocycles. The van der Waals surface area contributed by atoms with E-state index in [0.29, 0.717) is 21.8 Å². The zero-order valence-corrected chi connectivity index (χ0v) is 12.7. The van der Waals surface area contributed by atoms with Crippen LogP contribution in [0.3, 0.4) is 0 Å². The Balaban J connectivity index is 3.03. The van der Waals surface area contributed by atoms with E-state index in [4.69, 9.17) is 0 Å².